The molecule has 0 spiro atoms. The van der Waals surface area contributed by atoms with Crippen LogP contribution in [-0.2, 0) is 15.9 Å². The Kier molecular flexibility index (Phi) is 2.30. The van der Waals surface area contributed by atoms with E-state index in [0.29, 0.717) is 0 Å². The first-order chi connectivity index (χ1) is 3.89. The molecule has 4 N–H and O–H groups in total. The molecule has 0 fully saturated rings. The van der Waals surface area contributed by atoms with Crippen molar-refractivity contribution >= 4 is 17.0 Å². The lowest BCUT2D eigenvalue weighted by molar-refractivity contribution is -0.139. The summed E-state index contributed by atoms with van der Waals surface area (Å²) >= 11 is -2.53. The normalized spacial score (nSPS) is 20.3. The third-order valence-corrected chi connectivity index (χ3v) is 1.69. The second-order valence-electron chi connectivity index (χ2n) is 1.66. The minimum Gasteiger partial charge on any atom is -0.479 e. The number of carbonyl (C=O) groups is 1. The van der Waals surface area contributed by atoms with Crippen molar-refractivity contribution in [2.75, 3.05) is 0 Å². The Morgan fingerprint density at radius 3 is 2.11 bits per heavy atom. The molecule has 0 heterocycles. The van der Waals surface area contributed by atoms with E-state index in [-0.39, 0.29) is 0 Å². The third kappa shape index (κ3) is 1.74. The molecule has 54 valence electrons. The van der Waals surface area contributed by atoms with Gasteiger partial charge in [-0.15, -0.1) is 0 Å². The first-order valence-corrected chi connectivity index (χ1v) is 3.13. The zero-order chi connectivity index (χ0) is 7.65. The maximum Gasteiger partial charge on any atom is 0.339 e. The van der Waals surface area contributed by atoms with Gasteiger partial charge in [-0.25, -0.2) is 9.00 Å². The van der Waals surface area contributed by atoms with E-state index in [1.807, 2.05) is 0 Å². The van der Waals surface area contributed by atoms with Crippen LogP contribution in [-0.4, -0.2) is 24.7 Å². The average Bonchev–Trinajstić information content (AvgIpc) is 1.65. The second-order valence-corrected chi connectivity index (χ2v) is 3.01. The molecule has 0 radical (unpaired) electrons. The summed E-state index contributed by atoms with van der Waals surface area (Å²) < 4.78 is 18.3. The third-order valence-electron chi connectivity index (χ3n) is 0.787. The summed E-state index contributed by atoms with van der Waals surface area (Å²) in [6.45, 7) is 0.964. The van der Waals surface area contributed by atoms with Crippen molar-refractivity contribution in [3.05, 3.63) is 0 Å². The van der Waals surface area contributed by atoms with Gasteiger partial charge in [0.2, 0.25) is 4.87 Å². The summed E-state index contributed by atoms with van der Waals surface area (Å²) in [6, 6.07) is 0. The molecular formula is C3H7NO4S. The Morgan fingerprint density at radius 2 is 2.11 bits per heavy atom. The van der Waals surface area contributed by atoms with Crippen LogP contribution in [0.2, 0.25) is 0 Å². The summed E-state index contributed by atoms with van der Waals surface area (Å²) in [5.74, 6) is -1.50. The largest absolute Gasteiger partial charge is 0.479 e. The van der Waals surface area contributed by atoms with E-state index >= 15 is 0 Å². The fourth-order valence-corrected chi connectivity index (χ4v) is 0.224. The van der Waals surface area contributed by atoms with Gasteiger partial charge in [0.1, 0.15) is 0 Å². The average molecular weight is 153 g/mol. The number of hydrogen-bond acceptors (Lipinski definition) is 3. The summed E-state index contributed by atoms with van der Waals surface area (Å²) in [6.07, 6.45) is 0. The fourth-order valence-electron chi connectivity index (χ4n) is 0.0747. The molecule has 0 amide bonds. The number of hydrogen-bond donors (Lipinski definition) is 3. The van der Waals surface area contributed by atoms with Crippen molar-refractivity contribution < 1.29 is 18.7 Å². The molecule has 0 saturated carbocycles. The van der Waals surface area contributed by atoms with Crippen molar-refractivity contribution in [1.29, 1.82) is 0 Å². The number of nitrogens with two attached hydrogens (primary N) is 1. The lowest BCUT2D eigenvalue weighted by atomic mass is 10.4. The minimum atomic E-state index is -2.53. The highest BCUT2D eigenvalue weighted by Gasteiger charge is 2.34. The number of rotatable bonds is 2. The Morgan fingerprint density at radius 1 is 1.78 bits per heavy atom. The van der Waals surface area contributed by atoms with Crippen LogP contribution in [0.3, 0.4) is 0 Å². The van der Waals surface area contributed by atoms with Gasteiger partial charge in [0.05, 0.1) is 0 Å². The zero-order valence-electron chi connectivity index (χ0n) is 4.70. The van der Waals surface area contributed by atoms with Gasteiger partial charge < -0.3 is 15.4 Å². The number of aliphatic carboxylic acids is 1. The highest BCUT2D eigenvalue weighted by molar-refractivity contribution is 7.81. The number of carboxylic acids is 1. The monoisotopic (exact) mass is 153 g/mol. The van der Waals surface area contributed by atoms with E-state index in [2.05, 4.69) is 0 Å². The zero-order valence-corrected chi connectivity index (χ0v) is 5.51. The van der Waals surface area contributed by atoms with Crippen molar-refractivity contribution in [2.24, 2.45) is 5.73 Å². The lowest BCUT2D eigenvalue weighted by Crippen LogP contribution is -2.48. The van der Waals surface area contributed by atoms with Crippen LogP contribution >= 0.6 is 0 Å². The van der Waals surface area contributed by atoms with Crippen LogP contribution in [0.1, 0.15) is 6.92 Å². The molecule has 0 aromatic carbocycles. The van der Waals surface area contributed by atoms with Crippen LogP contribution in [0.25, 0.3) is 0 Å². The molecule has 1 unspecified atom stereocenters. The van der Waals surface area contributed by atoms with Crippen LogP contribution in [0.5, 0.6) is 0 Å². The molecule has 0 aromatic rings. The molecule has 0 aromatic heterocycles. The maximum atomic E-state index is 10.1. The topological polar surface area (TPSA) is 101 Å². The predicted octanol–water partition coefficient (Wildman–Crippen LogP) is -1.03. The molecule has 0 aliphatic heterocycles. The summed E-state index contributed by atoms with van der Waals surface area (Å²) in [5.41, 5.74) is 4.85. The van der Waals surface area contributed by atoms with E-state index in [0.717, 1.165) is 6.92 Å². The van der Waals surface area contributed by atoms with E-state index in [1.165, 1.54) is 0 Å². The van der Waals surface area contributed by atoms with Gasteiger partial charge in [-0.3, -0.25) is 0 Å². The van der Waals surface area contributed by atoms with E-state index in [4.69, 9.17) is 15.4 Å². The standard InChI is InChI=1S/C3H7NO4S/c1-3(4,2(5)6)9(7)8/h4H2,1H3,(H,5,6)(H,7,8)/t3-/m1/s1. The Hall–Kier alpha value is -0.460. The van der Waals surface area contributed by atoms with Crippen molar-refractivity contribution in [3.63, 3.8) is 0 Å². The molecular weight excluding hydrogens is 146 g/mol. The van der Waals surface area contributed by atoms with Gasteiger partial charge >= 0.3 is 5.97 Å². The Balaban J connectivity index is 4.38. The van der Waals surface area contributed by atoms with Gasteiger partial charge in [-0.2, -0.15) is 0 Å². The Labute approximate surface area is 54.1 Å². The fraction of sp³-hybridized carbons (Fsp3) is 0.667. The van der Waals surface area contributed by atoms with E-state index in [1.54, 1.807) is 0 Å². The predicted molar refractivity (Wildman–Crippen MR) is 31.0 cm³/mol. The highest BCUT2D eigenvalue weighted by atomic mass is 32.2. The first-order valence-electron chi connectivity index (χ1n) is 2.02. The van der Waals surface area contributed by atoms with Gasteiger partial charge in [0, 0.05) is 0 Å². The molecule has 0 aliphatic carbocycles. The second kappa shape index (κ2) is 2.42. The summed E-state index contributed by atoms with van der Waals surface area (Å²) in [5, 5.41) is 8.13. The van der Waals surface area contributed by atoms with Crippen molar-refractivity contribution in [1.82, 2.24) is 0 Å². The van der Waals surface area contributed by atoms with Gasteiger partial charge in [0.25, 0.3) is 0 Å². The van der Waals surface area contributed by atoms with Crippen molar-refractivity contribution in [3.8, 4) is 0 Å². The summed E-state index contributed by atoms with van der Waals surface area (Å²) in [7, 11) is 0. The van der Waals surface area contributed by atoms with Crippen LogP contribution in [0, 0.1) is 0 Å². The van der Waals surface area contributed by atoms with E-state index < -0.39 is 21.9 Å². The van der Waals surface area contributed by atoms with Crippen molar-refractivity contribution in [2.45, 2.75) is 11.8 Å². The van der Waals surface area contributed by atoms with Crippen LogP contribution < -0.4 is 5.73 Å². The quantitative estimate of drug-likeness (QED) is 0.440. The smallest absolute Gasteiger partial charge is 0.339 e. The van der Waals surface area contributed by atoms with Crippen LogP contribution in [0.15, 0.2) is 0 Å². The molecule has 9 heavy (non-hydrogen) atoms. The SMILES string of the molecule is C[C@](N)(C(=O)O)S(=O)O. The van der Waals surface area contributed by atoms with Gasteiger partial charge in [0.15, 0.2) is 11.1 Å². The molecule has 6 heteroatoms. The van der Waals surface area contributed by atoms with Gasteiger partial charge in [-0.05, 0) is 6.92 Å². The molecule has 0 rings (SSSR count). The summed E-state index contributed by atoms with van der Waals surface area (Å²) in [4.78, 5) is 7.93. The highest BCUT2D eigenvalue weighted by Crippen LogP contribution is 2.01. The molecule has 0 saturated heterocycles. The number of carboxylic acid groups (broad SMARTS) is 1. The van der Waals surface area contributed by atoms with Gasteiger partial charge in [-0.1, -0.05) is 0 Å². The maximum absolute atomic E-state index is 10.1. The lowest BCUT2D eigenvalue weighted by Gasteiger charge is -2.12. The molecule has 2 atom stereocenters. The minimum absolute atomic E-state index is 0.964. The molecule has 0 bridgehead atoms. The van der Waals surface area contributed by atoms with Crippen LogP contribution in [0.4, 0.5) is 0 Å². The molecule has 0 aliphatic rings. The Bertz CT molecular complexity index is 138. The van der Waals surface area contributed by atoms with E-state index in [9.17, 15) is 9.00 Å². The first kappa shape index (κ1) is 8.54. The molecule has 5 nitrogen and oxygen atoms in total.